The average Bonchev–Trinajstić information content (AvgIpc) is 2.76. The Balaban J connectivity index is 1.97. The maximum Gasteiger partial charge on any atom is 0.271 e. The Labute approximate surface area is 182 Å². The third-order valence-corrected chi connectivity index (χ3v) is 5.78. The molecule has 1 aromatic heterocycles. The highest BCUT2D eigenvalue weighted by atomic mass is 16.3. The van der Waals surface area contributed by atoms with Crippen LogP contribution in [0.25, 0.3) is 0 Å². The lowest BCUT2D eigenvalue weighted by Crippen LogP contribution is -2.29. The average molecular weight is 426 g/mol. The van der Waals surface area contributed by atoms with E-state index in [-0.39, 0.29) is 29.4 Å². The van der Waals surface area contributed by atoms with Crippen LogP contribution in [0.15, 0.2) is 18.2 Å². The van der Waals surface area contributed by atoms with Crippen LogP contribution in [-0.2, 0) is 6.42 Å². The van der Waals surface area contributed by atoms with Crippen LogP contribution in [0.4, 0.5) is 17.3 Å². The summed E-state index contributed by atoms with van der Waals surface area (Å²) in [5.74, 6) is 0.239. The second-order valence-electron chi connectivity index (χ2n) is 7.96. The van der Waals surface area contributed by atoms with E-state index in [9.17, 15) is 14.7 Å². The largest absolute Gasteiger partial charge is 0.393 e. The number of carbonyl (C=O) groups excluding carboxylic acids is 2. The van der Waals surface area contributed by atoms with Gasteiger partial charge in [-0.25, -0.2) is 9.97 Å². The number of aliphatic hydroxyl groups is 1. The Morgan fingerprint density at radius 3 is 2.45 bits per heavy atom. The molecule has 0 atom stereocenters. The molecule has 0 aliphatic heterocycles. The van der Waals surface area contributed by atoms with E-state index in [1.54, 1.807) is 12.1 Å². The molecule has 1 amide bonds. The quantitative estimate of drug-likeness (QED) is 0.476. The summed E-state index contributed by atoms with van der Waals surface area (Å²) in [7, 11) is 0. The molecular formula is C23H31N5O3. The van der Waals surface area contributed by atoms with Crippen LogP contribution in [-0.4, -0.2) is 38.9 Å². The summed E-state index contributed by atoms with van der Waals surface area (Å²) in [6.07, 6.45) is 3.92. The van der Waals surface area contributed by atoms with Gasteiger partial charge in [0.25, 0.3) is 5.91 Å². The van der Waals surface area contributed by atoms with E-state index in [2.05, 4.69) is 20.6 Å². The number of primary amides is 1. The summed E-state index contributed by atoms with van der Waals surface area (Å²) in [6.45, 7) is 5.63. The lowest BCUT2D eigenvalue weighted by molar-refractivity contribution is 0.0982. The molecule has 8 nitrogen and oxygen atoms in total. The monoisotopic (exact) mass is 425 g/mol. The molecule has 0 unspecified atom stereocenters. The first-order chi connectivity index (χ1) is 14.8. The summed E-state index contributed by atoms with van der Waals surface area (Å²) in [5, 5.41) is 16.4. The van der Waals surface area contributed by atoms with E-state index < -0.39 is 5.91 Å². The molecule has 0 radical (unpaired) electrons. The van der Waals surface area contributed by atoms with E-state index in [1.807, 2.05) is 26.8 Å². The van der Waals surface area contributed by atoms with Gasteiger partial charge in [-0.2, -0.15) is 0 Å². The van der Waals surface area contributed by atoms with Gasteiger partial charge in [-0.3, -0.25) is 9.59 Å². The Hall–Kier alpha value is -3.00. The number of anilines is 3. The SMILES string of the molecule is CCC(=O)c1cccc(Nc2nc(NC3CCC(O)CC3)c(CC)nc2C(N)=O)c1C. The molecular weight excluding hydrogens is 394 g/mol. The van der Waals surface area contributed by atoms with Gasteiger partial charge >= 0.3 is 0 Å². The zero-order chi connectivity index (χ0) is 22.5. The fourth-order valence-corrected chi connectivity index (χ4v) is 3.90. The minimum absolute atomic E-state index is 0.0468. The first-order valence-corrected chi connectivity index (χ1v) is 10.9. The molecule has 1 aliphatic rings. The number of nitrogens with one attached hydrogen (secondary N) is 2. The molecule has 31 heavy (non-hydrogen) atoms. The second-order valence-corrected chi connectivity index (χ2v) is 7.96. The van der Waals surface area contributed by atoms with Crippen molar-refractivity contribution in [2.75, 3.05) is 10.6 Å². The molecule has 1 aliphatic carbocycles. The normalized spacial score (nSPS) is 18.5. The number of aliphatic hydroxyl groups excluding tert-OH is 1. The first kappa shape index (κ1) is 22.7. The number of aromatic nitrogens is 2. The summed E-state index contributed by atoms with van der Waals surface area (Å²) in [4.78, 5) is 33.5. The number of aryl methyl sites for hydroxylation is 1. The number of ketones is 1. The molecule has 3 rings (SSSR count). The van der Waals surface area contributed by atoms with Gasteiger partial charge in [0.05, 0.1) is 11.8 Å². The van der Waals surface area contributed by atoms with Crippen LogP contribution in [0, 0.1) is 6.92 Å². The van der Waals surface area contributed by atoms with Gasteiger partial charge in [0.1, 0.15) is 5.82 Å². The fraction of sp³-hybridized carbons (Fsp3) is 0.478. The number of hydrogen-bond acceptors (Lipinski definition) is 7. The fourth-order valence-electron chi connectivity index (χ4n) is 3.90. The maximum atomic E-state index is 12.2. The van der Waals surface area contributed by atoms with Crippen molar-refractivity contribution < 1.29 is 14.7 Å². The van der Waals surface area contributed by atoms with Crippen LogP contribution in [0.2, 0.25) is 0 Å². The molecule has 166 valence electrons. The van der Waals surface area contributed by atoms with E-state index >= 15 is 0 Å². The number of Topliss-reactive ketones (excluding diaryl/α,β-unsaturated/α-hetero) is 1. The van der Waals surface area contributed by atoms with Crippen molar-refractivity contribution in [2.24, 2.45) is 5.73 Å². The molecule has 2 aromatic rings. The van der Waals surface area contributed by atoms with Crippen LogP contribution in [0.3, 0.4) is 0 Å². The Morgan fingerprint density at radius 2 is 1.84 bits per heavy atom. The lowest BCUT2D eigenvalue weighted by Gasteiger charge is -2.27. The Morgan fingerprint density at radius 1 is 1.13 bits per heavy atom. The summed E-state index contributed by atoms with van der Waals surface area (Å²) >= 11 is 0. The van der Waals surface area contributed by atoms with Gasteiger partial charge in [-0.05, 0) is 50.7 Å². The van der Waals surface area contributed by atoms with Gasteiger partial charge in [-0.15, -0.1) is 0 Å². The molecule has 0 saturated heterocycles. The number of hydrogen-bond donors (Lipinski definition) is 4. The lowest BCUT2D eigenvalue weighted by atomic mass is 9.93. The molecule has 5 N–H and O–H groups in total. The molecule has 0 spiro atoms. The first-order valence-electron chi connectivity index (χ1n) is 10.9. The maximum absolute atomic E-state index is 12.2. The van der Waals surface area contributed by atoms with Gasteiger partial charge in [-0.1, -0.05) is 26.0 Å². The predicted molar refractivity (Wildman–Crippen MR) is 121 cm³/mol. The Kier molecular flexibility index (Phi) is 7.22. The third kappa shape index (κ3) is 5.19. The summed E-state index contributed by atoms with van der Waals surface area (Å²) < 4.78 is 0. The van der Waals surface area contributed by atoms with Crippen LogP contribution >= 0.6 is 0 Å². The van der Waals surface area contributed by atoms with Crippen molar-refractivity contribution in [1.82, 2.24) is 9.97 Å². The highest BCUT2D eigenvalue weighted by Gasteiger charge is 2.23. The van der Waals surface area contributed by atoms with Crippen molar-refractivity contribution in [3.05, 3.63) is 40.7 Å². The molecule has 1 heterocycles. The number of amides is 1. The standard InChI is InChI=1S/C23H31N5O3/c1-4-17-22(25-14-9-11-15(29)12-10-14)28-23(20(26-17)21(24)31)27-18-8-6-7-16(13(18)3)19(30)5-2/h6-8,14-15,29H,4-5,9-12H2,1-3H3,(H2,24,31)(H2,25,27,28). The van der Waals surface area contributed by atoms with Crippen molar-refractivity contribution in [2.45, 2.75) is 71.4 Å². The highest BCUT2D eigenvalue weighted by molar-refractivity contribution is 5.99. The minimum Gasteiger partial charge on any atom is -0.393 e. The highest BCUT2D eigenvalue weighted by Crippen LogP contribution is 2.28. The van der Waals surface area contributed by atoms with Crippen molar-refractivity contribution >= 4 is 29.0 Å². The van der Waals surface area contributed by atoms with Crippen LogP contribution in [0.1, 0.15) is 78.1 Å². The van der Waals surface area contributed by atoms with E-state index in [0.717, 1.165) is 31.2 Å². The van der Waals surface area contributed by atoms with Crippen molar-refractivity contribution in [3.8, 4) is 0 Å². The summed E-state index contributed by atoms with van der Waals surface area (Å²) in [5.41, 5.74) is 8.41. The molecule has 1 fully saturated rings. The zero-order valence-corrected chi connectivity index (χ0v) is 18.4. The van der Waals surface area contributed by atoms with Crippen LogP contribution in [0.5, 0.6) is 0 Å². The molecule has 8 heteroatoms. The number of carbonyl (C=O) groups is 2. The van der Waals surface area contributed by atoms with Gasteiger partial charge in [0.2, 0.25) is 0 Å². The Bertz CT molecular complexity index is 968. The van der Waals surface area contributed by atoms with E-state index in [4.69, 9.17) is 5.73 Å². The minimum atomic E-state index is -0.671. The number of nitrogens with two attached hydrogens (primary N) is 1. The topological polar surface area (TPSA) is 130 Å². The number of nitrogens with zero attached hydrogens (tertiary/aromatic N) is 2. The van der Waals surface area contributed by atoms with Gasteiger partial charge in [0, 0.05) is 23.7 Å². The van der Waals surface area contributed by atoms with Crippen LogP contribution < -0.4 is 16.4 Å². The van der Waals surface area contributed by atoms with Gasteiger partial charge < -0.3 is 21.5 Å². The molecule has 0 bridgehead atoms. The third-order valence-electron chi connectivity index (χ3n) is 5.78. The van der Waals surface area contributed by atoms with E-state index in [0.29, 0.717) is 35.6 Å². The van der Waals surface area contributed by atoms with Crippen molar-refractivity contribution in [3.63, 3.8) is 0 Å². The number of benzene rings is 1. The van der Waals surface area contributed by atoms with E-state index in [1.165, 1.54) is 0 Å². The molecule has 1 aromatic carbocycles. The number of rotatable bonds is 8. The smallest absolute Gasteiger partial charge is 0.271 e. The second kappa shape index (κ2) is 9.87. The zero-order valence-electron chi connectivity index (χ0n) is 18.4. The predicted octanol–water partition coefficient (Wildman–Crippen LogP) is 3.50. The summed E-state index contributed by atoms with van der Waals surface area (Å²) in [6, 6.07) is 5.60. The van der Waals surface area contributed by atoms with Crippen molar-refractivity contribution in [1.29, 1.82) is 0 Å². The van der Waals surface area contributed by atoms with Gasteiger partial charge in [0.15, 0.2) is 17.3 Å². The molecule has 1 saturated carbocycles.